The summed E-state index contributed by atoms with van der Waals surface area (Å²) in [5, 5.41) is 6.19. The maximum absolute atomic E-state index is 11.6. The number of ether oxygens (including phenoxy) is 1. The Labute approximate surface area is 104 Å². The van der Waals surface area contributed by atoms with Crippen molar-refractivity contribution in [2.24, 2.45) is 5.92 Å². The molecule has 0 spiro atoms. The second kappa shape index (κ2) is 7.87. The number of rotatable bonds is 7. The highest BCUT2D eigenvalue weighted by atomic mass is 35.5. The lowest BCUT2D eigenvalue weighted by Gasteiger charge is -2.13. The van der Waals surface area contributed by atoms with Gasteiger partial charge in [0.25, 0.3) is 0 Å². The van der Waals surface area contributed by atoms with Gasteiger partial charge in [0.1, 0.15) is 0 Å². The van der Waals surface area contributed by atoms with Crippen LogP contribution in [0.15, 0.2) is 0 Å². The third kappa shape index (κ3) is 5.14. The number of carbonyl (C=O) groups excluding carboxylic acids is 1. The minimum atomic E-state index is 0. The Bertz CT molecular complexity index is 214. The number of hydrogen-bond donors (Lipinski definition) is 2. The zero-order valence-corrected chi connectivity index (χ0v) is 11.1. The molecule has 0 bridgehead atoms. The Morgan fingerprint density at radius 3 is 2.75 bits per heavy atom. The van der Waals surface area contributed by atoms with E-state index in [0.717, 1.165) is 13.0 Å². The highest BCUT2D eigenvalue weighted by molar-refractivity contribution is 5.85. The highest BCUT2D eigenvalue weighted by Crippen LogP contribution is 2.33. The van der Waals surface area contributed by atoms with Gasteiger partial charge in [-0.05, 0) is 26.8 Å². The SMILES string of the molecule is CCN[C@H](C)CNC(=O)C1CC1OCC.Cl. The van der Waals surface area contributed by atoms with Crippen molar-refractivity contribution in [1.29, 1.82) is 0 Å². The predicted octanol–water partition coefficient (Wildman–Crippen LogP) is 0.947. The molecule has 2 N–H and O–H groups in total. The number of halogens is 1. The van der Waals surface area contributed by atoms with Crippen molar-refractivity contribution < 1.29 is 9.53 Å². The molecule has 0 aromatic carbocycles. The first-order valence-electron chi connectivity index (χ1n) is 5.81. The fourth-order valence-corrected chi connectivity index (χ4v) is 1.65. The van der Waals surface area contributed by atoms with E-state index >= 15 is 0 Å². The van der Waals surface area contributed by atoms with Crippen LogP contribution in [0.3, 0.4) is 0 Å². The van der Waals surface area contributed by atoms with Crippen LogP contribution >= 0.6 is 12.4 Å². The molecular weight excluding hydrogens is 228 g/mol. The molecule has 4 nitrogen and oxygen atoms in total. The van der Waals surface area contributed by atoms with Crippen LogP contribution in [0.5, 0.6) is 0 Å². The molecule has 1 fully saturated rings. The van der Waals surface area contributed by atoms with Crippen LogP contribution in [0.2, 0.25) is 0 Å². The lowest BCUT2D eigenvalue weighted by molar-refractivity contribution is -0.123. The molecule has 0 aliphatic heterocycles. The maximum atomic E-state index is 11.6. The molecule has 5 heteroatoms. The first-order valence-corrected chi connectivity index (χ1v) is 5.81. The van der Waals surface area contributed by atoms with Gasteiger partial charge in [-0.3, -0.25) is 4.79 Å². The number of amides is 1. The monoisotopic (exact) mass is 250 g/mol. The van der Waals surface area contributed by atoms with Gasteiger partial charge in [0.2, 0.25) is 5.91 Å². The molecule has 1 aliphatic rings. The van der Waals surface area contributed by atoms with Crippen LogP contribution in [-0.2, 0) is 9.53 Å². The predicted molar refractivity (Wildman–Crippen MR) is 66.9 cm³/mol. The molecule has 0 aromatic heterocycles. The van der Waals surface area contributed by atoms with Gasteiger partial charge in [-0.1, -0.05) is 6.92 Å². The van der Waals surface area contributed by atoms with Gasteiger partial charge in [0.05, 0.1) is 12.0 Å². The van der Waals surface area contributed by atoms with Gasteiger partial charge in [-0.2, -0.15) is 0 Å². The van der Waals surface area contributed by atoms with Crippen molar-refractivity contribution in [3.63, 3.8) is 0 Å². The average molecular weight is 251 g/mol. The van der Waals surface area contributed by atoms with Crippen molar-refractivity contribution in [3.8, 4) is 0 Å². The van der Waals surface area contributed by atoms with Crippen molar-refractivity contribution >= 4 is 18.3 Å². The van der Waals surface area contributed by atoms with Crippen LogP contribution in [-0.4, -0.2) is 37.7 Å². The van der Waals surface area contributed by atoms with Crippen molar-refractivity contribution in [2.75, 3.05) is 19.7 Å². The Balaban J connectivity index is 0.00000225. The molecule has 2 unspecified atom stereocenters. The van der Waals surface area contributed by atoms with Crippen LogP contribution in [0.4, 0.5) is 0 Å². The summed E-state index contributed by atoms with van der Waals surface area (Å²) >= 11 is 0. The fourth-order valence-electron chi connectivity index (χ4n) is 1.65. The molecule has 0 radical (unpaired) electrons. The van der Waals surface area contributed by atoms with E-state index in [-0.39, 0.29) is 30.3 Å². The highest BCUT2D eigenvalue weighted by Gasteiger charge is 2.43. The van der Waals surface area contributed by atoms with Gasteiger partial charge in [-0.25, -0.2) is 0 Å². The molecule has 1 aliphatic carbocycles. The summed E-state index contributed by atoms with van der Waals surface area (Å²) in [6, 6.07) is 0.336. The molecule has 1 amide bonds. The van der Waals surface area contributed by atoms with Gasteiger partial charge in [-0.15, -0.1) is 12.4 Å². The lowest BCUT2D eigenvalue weighted by atomic mass is 10.3. The van der Waals surface area contributed by atoms with E-state index in [1.165, 1.54) is 0 Å². The van der Waals surface area contributed by atoms with E-state index in [4.69, 9.17) is 4.74 Å². The summed E-state index contributed by atoms with van der Waals surface area (Å²) < 4.78 is 5.36. The van der Waals surface area contributed by atoms with Crippen LogP contribution in [0.25, 0.3) is 0 Å². The third-order valence-corrected chi connectivity index (χ3v) is 2.58. The molecule has 96 valence electrons. The summed E-state index contributed by atoms with van der Waals surface area (Å²) in [7, 11) is 0. The normalized spacial score (nSPS) is 24.4. The second-order valence-corrected chi connectivity index (χ2v) is 4.04. The smallest absolute Gasteiger partial charge is 0.225 e. The minimum absolute atomic E-state index is 0. The van der Waals surface area contributed by atoms with Crippen molar-refractivity contribution in [3.05, 3.63) is 0 Å². The van der Waals surface area contributed by atoms with E-state index in [2.05, 4.69) is 24.5 Å². The van der Waals surface area contributed by atoms with E-state index in [9.17, 15) is 4.79 Å². The van der Waals surface area contributed by atoms with E-state index in [1.54, 1.807) is 0 Å². The van der Waals surface area contributed by atoms with Crippen molar-refractivity contribution in [1.82, 2.24) is 10.6 Å². The molecule has 0 aromatic rings. The topological polar surface area (TPSA) is 50.4 Å². The lowest BCUT2D eigenvalue weighted by Crippen LogP contribution is -2.39. The molecule has 0 saturated heterocycles. The van der Waals surface area contributed by atoms with Gasteiger partial charge in [0, 0.05) is 19.2 Å². The summed E-state index contributed by atoms with van der Waals surface area (Å²) in [6.45, 7) is 8.41. The Morgan fingerprint density at radius 2 is 2.19 bits per heavy atom. The maximum Gasteiger partial charge on any atom is 0.225 e. The molecule has 1 rings (SSSR count). The van der Waals surface area contributed by atoms with Gasteiger partial charge < -0.3 is 15.4 Å². The first-order chi connectivity index (χ1) is 7.19. The molecule has 3 atom stereocenters. The summed E-state index contributed by atoms with van der Waals surface area (Å²) in [6.07, 6.45) is 1.05. The molecular formula is C11H23ClN2O2. The zero-order chi connectivity index (χ0) is 11.3. The second-order valence-electron chi connectivity index (χ2n) is 4.04. The molecule has 0 heterocycles. The quantitative estimate of drug-likeness (QED) is 0.707. The summed E-state index contributed by atoms with van der Waals surface area (Å²) in [4.78, 5) is 11.6. The van der Waals surface area contributed by atoms with E-state index < -0.39 is 0 Å². The Hall–Kier alpha value is -0.320. The van der Waals surface area contributed by atoms with E-state index in [1.807, 2.05) is 6.92 Å². The fraction of sp³-hybridized carbons (Fsp3) is 0.909. The van der Waals surface area contributed by atoms with Crippen LogP contribution in [0, 0.1) is 5.92 Å². The Morgan fingerprint density at radius 1 is 1.50 bits per heavy atom. The number of nitrogens with one attached hydrogen (secondary N) is 2. The number of likely N-dealkylation sites (N-methyl/N-ethyl adjacent to an activating group) is 1. The number of hydrogen-bond acceptors (Lipinski definition) is 3. The van der Waals surface area contributed by atoms with Crippen molar-refractivity contribution in [2.45, 2.75) is 39.3 Å². The Kier molecular flexibility index (Phi) is 7.72. The largest absolute Gasteiger partial charge is 0.378 e. The van der Waals surface area contributed by atoms with E-state index in [0.29, 0.717) is 19.2 Å². The summed E-state index contributed by atoms with van der Waals surface area (Å²) in [5.74, 6) is 0.233. The zero-order valence-electron chi connectivity index (χ0n) is 10.3. The van der Waals surface area contributed by atoms with Crippen LogP contribution in [0.1, 0.15) is 27.2 Å². The van der Waals surface area contributed by atoms with Gasteiger partial charge >= 0.3 is 0 Å². The average Bonchev–Trinajstić information content (AvgIpc) is 2.95. The van der Waals surface area contributed by atoms with Crippen LogP contribution < -0.4 is 10.6 Å². The third-order valence-electron chi connectivity index (χ3n) is 2.58. The standard InChI is InChI=1S/C11H22N2O2.ClH/c1-4-12-8(3)7-13-11(14)9-6-10(9)15-5-2;/h8-10,12H,4-7H2,1-3H3,(H,13,14);1H/t8-,9?,10?;/m1./s1. The first kappa shape index (κ1) is 15.7. The number of carbonyl (C=O) groups is 1. The van der Waals surface area contributed by atoms with Gasteiger partial charge in [0.15, 0.2) is 0 Å². The molecule has 16 heavy (non-hydrogen) atoms. The molecule has 1 saturated carbocycles. The summed E-state index contributed by atoms with van der Waals surface area (Å²) in [5.41, 5.74) is 0. The minimum Gasteiger partial charge on any atom is -0.378 e.